The third kappa shape index (κ3) is 3.02. The second kappa shape index (κ2) is 6.17. The molecular formula is C14H19N5O3S. The topological polar surface area (TPSA) is 91.4 Å². The molecule has 0 unspecified atom stereocenters. The first-order chi connectivity index (χ1) is 11.0. The first kappa shape index (κ1) is 15.8. The molecule has 1 saturated heterocycles. The van der Waals surface area contributed by atoms with Crippen molar-refractivity contribution in [3.63, 3.8) is 0 Å². The highest BCUT2D eigenvalue weighted by Crippen LogP contribution is 2.24. The van der Waals surface area contributed by atoms with Gasteiger partial charge in [-0.2, -0.15) is 14.4 Å². The number of aromatic nitrogens is 3. The molecule has 2 aromatic rings. The zero-order valence-electron chi connectivity index (χ0n) is 13.1. The molecule has 0 aliphatic carbocycles. The van der Waals surface area contributed by atoms with Gasteiger partial charge in [0.15, 0.2) is 0 Å². The molecule has 23 heavy (non-hydrogen) atoms. The van der Waals surface area contributed by atoms with E-state index in [1.807, 2.05) is 11.8 Å². The number of aromatic amines is 1. The number of H-pyrrole nitrogens is 1. The summed E-state index contributed by atoms with van der Waals surface area (Å²) in [6.07, 6.45) is 1.44. The summed E-state index contributed by atoms with van der Waals surface area (Å²) >= 11 is 0. The number of nitrogens with zero attached hydrogens (tertiary/aromatic N) is 4. The van der Waals surface area contributed by atoms with Crippen molar-refractivity contribution in [2.45, 2.75) is 11.8 Å². The summed E-state index contributed by atoms with van der Waals surface area (Å²) in [4.78, 5) is 6.37. The van der Waals surface area contributed by atoms with E-state index < -0.39 is 10.0 Å². The Labute approximate surface area is 135 Å². The number of piperazine rings is 1. The lowest BCUT2D eigenvalue weighted by molar-refractivity contribution is 0.382. The van der Waals surface area contributed by atoms with E-state index in [-0.39, 0.29) is 0 Å². The summed E-state index contributed by atoms with van der Waals surface area (Å²) in [6.45, 7) is 3.80. The molecule has 3 rings (SSSR count). The van der Waals surface area contributed by atoms with Crippen molar-refractivity contribution in [1.82, 2.24) is 19.5 Å². The second-order valence-corrected chi connectivity index (χ2v) is 7.27. The number of hydrogen-bond donors (Lipinski definition) is 1. The largest absolute Gasteiger partial charge is 0.496 e. The lowest BCUT2D eigenvalue weighted by Gasteiger charge is -2.33. The Balaban J connectivity index is 1.75. The van der Waals surface area contributed by atoms with Crippen LogP contribution in [0.4, 0.5) is 5.95 Å². The van der Waals surface area contributed by atoms with Gasteiger partial charge in [0.25, 0.3) is 0 Å². The lowest BCUT2D eigenvalue weighted by Crippen LogP contribution is -2.49. The van der Waals surface area contributed by atoms with Crippen LogP contribution in [0.15, 0.2) is 29.4 Å². The zero-order chi connectivity index (χ0) is 16.4. The molecule has 9 heteroatoms. The quantitative estimate of drug-likeness (QED) is 0.880. The average molecular weight is 337 g/mol. The third-order valence-corrected chi connectivity index (χ3v) is 5.84. The fourth-order valence-electron chi connectivity index (χ4n) is 2.65. The molecule has 8 nitrogen and oxygen atoms in total. The van der Waals surface area contributed by atoms with Gasteiger partial charge in [-0.05, 0) is 30.7 Å². The molecule has 0 radical (unpaired) electrons. The van der Waals surface area contributed by atoms with Crippen molar-refractivity contribution in [3.05, 3.63) is 30.1 Å². The molecule has 0 spiro atoms. The van der Waals surface area contributed by atoms with Gasteiger partial charge in [-0.3, -0.25) is 0 Å². The molecule has 1 fully saturated rings. The van der Waals surface area contributed by atoms with E-state index in [1.54, 1.807) is 25.3 Å². The molecule has 0 saturated carbocycles. The van der Waals surface area contributed by atoms with Crippen LogP contribution in [0.3, 0.4) is 0 Å². The van der Waals surface area contributed by atoms with E-state index in [1.165, 1.54) is 10.6 Å². The Hall–Kier alpha value is -2.13. The van der Waals surface area contributed by atoms with E-state index in [9.17, 15) is 8.42 Å². The second-order valence-electron chi connectivity index (χ2n) is 5.33. The van der Waals surface area contributed by atoms with Crippen molar-refractivity contribution >= 4 is 16.0 Å². The van der Waals surface area contributed by atoms with Crippen LogP contribution in [-0.4, -0.2) is 61.2 Å². The van der Waals surface area contributed by atoms with Crippen molar-refractivity contribution in [2.24, 2.45) is 0 Å². The van der Waals surface area contributed by atoms with Crippen molar-refractivity contribution < 1.29 is 13.2 Å². The smallest absolute Gasteiger partial charge is 0.243 e. The molecule has 0 amide bonds. The van der Waals surface area contributed by atoms with Crippen LogP contribution in [0.2, 0.25) is 0 Å². The molecule has 1 N–H and O–H groups in total. The van der Waals surface area contributed by atoms with Crippen LogP contribution in [0.1, 0.15) is 5.56 Å². The zero-order valence-corrected chi connectivity index (χ0v) is 13.9. The maximum absolute atomic E-state index is 12.8. The highest BCUT2D eigenvalue weighted by Gasteiger charge is 2.29. The average Bonchev–Trinajstić information content (AvgIpc) is 3.09. The van der Waals surface area contributed by atoms with Gasteiger partial charge in [-0.1, -0.05) is 0 Å². The molecule has 1 aliphatic heterocycles. The lowest BCUT2D eigenvalue weighted by atomic mass is 10.2. The number of anilines is 1. The van der Waals surface area contributed by atoms with Crippen molar-refractivity contribution in [3.8, 4) is 5.75 Å². The monoisotopic (exact) mass is 337 g/mol. The SMILES string of the molecule is COc1ccc(S(=O)(=O)N2CCN(c3ncn[nH]3)CC2)cc1C. The van der Waals surface area contributed by atoms with Gasteiger partial charge in [0.1, 0.15) is 12.1 Å². The van der Waals surface area contributed by atoms with Gasteiger partial charge in [0.2, 0.25) is 16.0 Å². The first-order valence-corrected chi connectivity index (χ1v) is 8.71. The maximum atomic E-state index is 12.8. The Morgan fingerprint density at radius 3 is 2.52 bits per heavy atom. The summed E-state index contributed by atoms with van der Waals surface area (Å²) in [5.41, 5.74) is 0.800. The number of sulfonamides is 1. The first-order valence-electron chi connectivity index (χ1n) is 7.27. The van der Waals surface area contributed by atoms with Gasteiger partial charge in [0, 0.05) is 26.2 Å². The fourth-order valence-corrected chi connectivity index (χ4v) is 4.16. The number of benzene rings is 1. The van der Waals surface area contributed by atoms with Crippen LogP contribution < -0.4 is 9.64 Å². The van der Waals surface area contributed by atoms with Crippen LogP contribution in [0, 0.1) is 6.92 Å². The minimum Gasteiger partial charge on any atom is -0.496 e. The summed E-state index contributed by atoms with van der Waals surface area (Å²) < 4.78 is 32.2. The Bertz CT molecular complexity index is 768. The standard InChI is InChI=1S/C14H19N5O3S/c1-11-9-12(3-4-13(11)22-2)23(20,21)19-7-5-18(6-8-19)14-15-10-16-17-14/h3-4,9-10H,5-8H2,1-2H3,(H,15,16,17). The van der Waals surface area contributed by atoms with E-state index in [0.29, 0.717) is 42.8 Å². The normalized spacial score (nSPS) is 16.5. The number of aryl methyl sites for hydroxylation is 1. The summed E-state index contributed by atoms with van der Waals surface area (Å²) in [7, 11) is -1.93. The molecule has 1 aromatic carbocycles. The number of hydrogen-bond acceptors (Lipinski definition) is 6. The molecular weight excluding hydrogens is 318 g/mol. The van der Waals surface area contributed by atoms with Crippen LogP contribution in [0.5, 0.6) is 5.75 Å². The Kier molecular flexibility index (Phi) is 4.22. The summed E-state index contributed by atoms with van der Waals surface area (Å²) in [5.74, 6) is 1.35. The molecule has 1 aromatic heterocycles. The van der Waals surface area contributed by atoms with Crippen LogP contribution in [-0.2, 0) is 10.0 Å². The van der Waals surface area contributed by atoms with Crippen molar-refractivity contribution in [1.29, 1.82) is 0 Å². The van der Waals surface area contributed by atoms with Gasteiger partial charge in [-0.15, -0.1) is 0 Å². The summed E-state index contributed by atoms with van der Waals surface area (Å²) in [6, 6.07) is 4.92. The van der Waals surface area contributed by atoms with Gasteiger partial charge in [0.05, 0.1) is 12.0 Å². The number of methoxy groups -OCH3 is 1. The maximum Gasteiger partial charge on any atom is 0.243 e. The van der Waals surface area contributed by atoms with Crippen molar-refractivity contribution in [2.75, 3.05) is 38.2 Å². The highest BCUT2D eigenvalue weighted by molar-refractivity contribution is 7.89. The highest BCUT2D eigenvalue weighted by atomic mass is 32.2. The number of nitrogens with one attached hydrogen (secondary N) is 1. The third-order valence-electron chi connectivity index (χ3n) is 3.94. The Morgan fingerprint density at radius 1 is 1.22 bits per heavy atom. The molecule has 0 atom stereocenters. The summed E-state index contributed by atoms with van der Waals surface area (Å²) in [5, 5.41) is 6.61. The van der Waals surface area contributed by atoms with E-state index in [0.717, 1.165) is 5.56 Å². The number of ether oxygens (including phenoxy) is 1. The van der Waals surface area contributed by atoms with E-state index in [2.05, 4.69) is 15.2 Å². The Morgan fingerprint density at radius 2 is 1.96 bits per heavy atom. The predicted octanol–water partition coefficient (Wildman–Crippen LogP) is 0.633. The van der Waals surface area contributed by atoms with Gasteiger partial charge in [-0.25, -0.2) is 13.5 Å². The van der Waals surface area contributed by atoms with Gasteiger partial charge >= 0.3 is 0 Å². The molecule has 2 heterocycles. The van der Waals surface area contributed by atoms with Crippen LogP contribution >= 0.6 is 0 Å². The minimum atomic E-state index is -3.50. The van der Waals surface area contributed by atoms with E-state index >= 15 is 0 Å². The fraction of sp³-hybridized carbons (Fsp3) is 0.429. The van der Waals surface area contributed by atoms with Gasteiger partial charge < -0.3 is 9.64 Å². The van der Waals surface area contributed by atoms with E-state index in [4.69, 9.17) is 4.74 Å². The van der Waals surface area contributed by atoms with Crippen LogP contribution in [0.25, 0.3) is 0 Å². The minimum absolute atomic E-state index is 0.295. The predicted molar refractivity (Wildman–Crippen MR) is 85.1 cm³/mol. The molecule has 1 aliphatic rings. The molecule has 124 valence electrons. The molecule has 0 bridgehead atoms. The number of rotatable bonds is 4.